The predicted octanol–water partition coefficient (Wildman–Crippen LogP) is 4.51. The summed E-state index contributed by atoms with van der Waals surface area (Å²) < 4.78 is 17.9. The lowest BCUT2D eigenvalue weighted by molar-refractivity contribution is 0.136. The Labute approximate surface area is 222 Å². The van der Waals surface area contributed by atoms with Crippen LogP contribution in [0.25, 0.3) is 28.1 Å². The SMILES string of the molecule is Cc1cnn(C(C)C)c1-n1c(=O)nc(N2CCN(C(=O)O)CC2C)c2cc(Cl)c(-c3ccccc3F)nc21. The van der Waals surface area contributed by atoms with Crippen LogP contribution in [0.5, 0.6) is 0 Å². The van der Waals surface area contributed by atoms with Crippen molar-refractivity contribution >= 4 is 34.5 Å². The van der Waals surface area contributed by atoms with Crippen molar-refractivity contribution in [2.45, 2.75) is 39.8 Å². The van der Waals surface area contributed by atoms with Crippen LogP contribution in [0, 0.1) is 12.7 Å². The smallest absolute Gasteiger partial charge is 0.407 e. The van der Waals surface area contributed by atoms with Crippen molar-refractivity contribution < 1.29 is 14.3 Å². The minimum absolute atomic E-state index is 0.0669. The predicted molar refractivity (Wildman–Crippen MR) is 143 cm³/mol. The third kappa shape index (κ3) is 4.26. The van der Waals surface area contributed by atoms with Gasteiger partial charge in [-0.1, -0.05) is 23.7 Å². The number of rotatable bonds is 4. The van der Waals surface area contributed by atoms with E-state index >= 15 is 0 Å². The third-order valence-electron chi connectivity index (χ3n) is 6.75. The van der Waals surface area contributed by atoms with Crippen LogP contribution in [0.15, 0.2) is 41.3 Å². The molecule has 4 aromatic rings. The summed E-state index contributed by atoms with van der Waals surface area (Å²) in [5.41, 5.74) is 0.805. The average molecular weight is 540 g/mol. The molecule has 1 fully saturated rings. The molecule has 1 aliphatic rings. The van der Waals surface area contributed by atoms with Gasteiger partial charge in [0, 0.05) is 42.8 Å². The second kappa shape index (κ2) is 9.71. The fourth-order valence-corrected chi connectivity index (χ4v) is 5.16. The molecular formula is C26H27ClFN7O3. The van der Waals surface area contributed by atoms with E-state index in [1.54, 1.807) is 35.1 Å². The number of hydrogen-bond acceptors (Lipinski definition) is 6. The molecule has 1 N–H and O–H groups in total. The van der Waals surface area contributed by atoms with Crippen molar-refractivity contribution in [1.29, 1.82) is 0 Å². The molecule has 0 saturated carbocycles. The van der Waals surface area contributed by atoms with E-state index < -0.39 is 17.6 Å². The van der Waals surface area contributed by atoms with Crippen LogP contribution in [0.1, 0.15) is 32.4 Å². The van der Waals surface area contributed by atoms with Crippen molar-refractivity contribution in [2.24, 2.45) is 0 Å². The maximum absolute atomic E-state index is 14.8. The molecule has 0 radical (unpaired) electrons. The first kappa shape index (κ1) is 25.7. The Balaban J connectivity index is 1.82. The zero-order valence-corrected chi connectivity index (χ0v) is 22.1. The first-order valence-electron chi connectivity index (χ1n) is 12.3. The summed E-state index contributed by atoms with van der Waals surface area (Å²) >= 11 is 6.69. The fourth-order valence-electron chi connectivity index (χ4n) is 4.90. The number of fused-ring (bicyclic) bond motifs is 1. The number of pyridine rings is 1. The van der Waals surface area contributed by atoms with Crippen molar-refractivity contribution in [3.05, 3.63) is 63.4 Å². The Hall–Kier alpha value is -3.99. The van der Waals surface area contributed by atoms with Crippen LogP contribution in [-0.2, 0) is 0 Å². The van der Waals surface area contributed by atoms with Crippen LogP contribution in [0.2, 0.25) is 5.02 Å². The van der Waals surface area contributed by atoms with Crippen molar-refractivity contribution in [2.75, 3.05) is 24.5 Å². The van der Waals surface area contributed by atoms with E-state index in [-0.39, 0.29) is 47.1 Å². The number of carboxylic acid groups (broad SMARTS) is 1. The fraction of sp³-hybridized carbons (Fsp3) is 0.346. The number of aryl methyl sites for hydroxylation is 1. The first-order chi connectivity index (χ1) is 18.1. The summed E-state index contributed by atoms with van der Waals surface area (Å²) in [5.74, 6) is 0.361. The number of hydrogen-bond donors (Lipinski definition) is 1. The van der Waals surface area contributed by atoms with Gasteiger partial charge in [-0.25, -0.2) is 28.2 Å². The van der Waals surface area contributed by atoms with Crippen LogP contribution < -0.4 is 10.6 Å². The zero-order chi connectivity index (χ0) is 27.3. The molecule has 1 saturated heterocycles. The lowest BCUT2D eigenvalue weighted by Gasteiger charge is -2.39. The molecule has 4 heterocycles. The lowest BCUT2D eigenvalue weighted by atomic mass is 10.1. The van der Waals surface area contributed by atoms with Gasteiger partial charge in [-0.2, -0.15) is 10.1 Å². The van der Waals surface area contributed by atoms with Crippen molar-refractivity contribution in [1.82, 2.24) is 29.2 Å². The molecule has 1 amide bonds. The summed E-state index contributed by atoms with van der Waals surface area (Å²) in [5, 5.41) is 14.6. The summed E-state index contributed by atoms with van der Waals surface area (Å²) in [6.45, 7) is 8.43. The molecule has 0 spiro atoms. The number of benzene rings is 1. The molecule has 3 aromatic heterocycles. The molecular weight excluding hydrogens is 513 g/mol. The number of nitrogens with zero attached hydrogens (tertiary/aromatic N) is 7. The number of halogens is 2. The summed E-state index contributed by atoms with van der Waals surface area (Å²) in [4.78, 5) is 37.7. The molecule has 1 aliphatic heterocycles. The molecule has 10 nitrogen and oxygen atoms in total. The largest absolute Gasteiger partial charge is 0.465 e. The Morgan fingerprint density at radius 3 is 2.61 bits per heavy atom. The maximum atomic E-state index is 14.8. The molecule has 1 aromatic carbocycles. The van der Waals surface area contributed by atoms with E-state index in [1.165, 1.54) is 15.5 Å². The summed E-state index contributed by atoms with van der Waals surface area (Å²) in [6, 6.07) is 7.48. The van der Waals surface area contributed by atoms with E-state index in [2.05, 4.69) is 10.1 Å². The highest BCUT2D eigenvalue weighted by atomic mass is 35.5. The maximum Gasteiger partial charge on any atom is 0.407 e. The number of amides is 1. The third-order valence-corrected chi connectivity index (χ3v) is 7.04. The monoisotopic (exact) mass is 539 g/mol. The molecule has 12 heteroatoms. The van der Waals surface area contributed by atoms with Gasteiger partial charge in [-0.3, -0.25) is 0 Å². The van der Waals surface area contributed by atoms with Crippen LogP contribution in [-0.4, -0.2) is 66.1 Å². The van der Waals surface area contributed by atoms with E-state index in [1.807, 2.05) is 32.6 Å². The lowest BCUT2D eigenvalue weighted by Crippen LogP contribution is -2.54. The summed E-state index contributed by atoms with van der Waals surface area (Å²) in [7, 11) is 0. The van der Waals surface area contributed by atoms with Crippen molar-refractivity contribution in [3.8, 4) is 17.1 Å². The molecule has 0 bridgehead atoms. The Bertz CT molecular complexity index is 1620. The quantitative estimate of drug-likeness (QED) is 0.406. The second-order valence-corrected chi connectivity index (χ2v) is 10.1. The van der Waals surface area contributed by atoms with Gasteiger partial charge < -0.3 is 14.9 Å². The minimum atomic E-state index is -0.999. The standard InChI is InChI=1S/C26H27ClFN7O3/c1-14(2)35-24(15(3)12-29-35)34-23-18(11-19(27)21(30-23)17-7-5-6-8-20(17)28)22(31-25(34)36)33-10-9-32(26(37)38)13-16(33)4/h5-8,11-12,14,16H,9-10,13H2,1-4H3,(H,37,38). The Kier molecular flexibility index (Phi) is 6.56. The normalized spacial score (nSPS) is 16.0. The minimum Gasteiger partial charge on any atom is -0.465 e. The molecule has 0 aliphatic carbocycles. The van der Waals surface area contributed by atoms with E-state index in [4.69, 9.17) is 16.6 Å². The van der Waals surface area contributed by atoms with Gasteiger partial charge in [0.1, 0.15) is 17.5 Å². The molecule has 5 rings (SSSR count). The van der Waals surface area contributed by atoms with E-state index in [0.717, 1.165) is 5.56 Å². The highest BCUT2D eigenvalue weighted by molar-refractivity contribution is 6.33. The van der Waals surface area contributed by atoms with Crippen LogP contribution in [0.4, 0.5) is 15.0 Å². The Morgan fingerprint density at radius 2 is 1.95 bits per heavy atom. The number of carbonyl (C=O) groups is 1. The van der Waals surface area contributed by atoms with Crippen molar-refractivity contribution in [3.63, 3.8) is 0 Å². The van der Waals surface area contributed by atoms with Gasteiger partial charge in [-0.15, -0.1) is 0 Å². The van der Waals surface area contributed by atoms with Gasteiger partial charge in [0.2, 0.25) is 0 Å². The highest BCUT2D eigenvalue weighted by Crippen LogP contribution is 2.35. The Morgan fingerprint density at radius 1 is 1.21 bits per heavy atom. The van der Waals surface area contributed by atoms with Crippen LogP contribution >= 0.6 is 11.6 Å². The molecule has 1 atom stereocenters. The van der Waals surface area contributed by atoms with Gasteiger partial charge in [0.15, 0.2) is 5.65 Å². The van der Waals surface area contributed by atoms with Gasteiger partial charge >= 0.3 is 11.8 Å². The van der Waals surface area contributed by atoms with Gasteiger partial charge in [0.25, 0.3) is 0 Å². The number of anilines is 1. The van der Waals surface area contributed by atoms with Gasteiger partial charge in [-0.05, 0) is 45.9 Å². The van der Waals surface area contributed by atoms with Gasteiger partial charge in [0.05, 0.1) is 22.3 Å². The molecule has 38 heavy (non-hydrogen) atoms. The molecule has 1 unspecified atom stereocenters. The number of aromatic nitrogens is 5. The molecule has 198 valence electrons. The topological polar surface area (TPSA) is 109 Å². The highest BCUT2D eigenvalue weighted by Gasteiger charge is 2.31. The second-order valence-electron chi connectivity index (χ2n) is 9.68. The zero-order valence-electron chi connectivity index (χ0n) is 21.4. The van der Waals surface area contributed by atoms with Crippen LogP contribution in [0.3, 0.4) is 0 Å². The first-order valence-corrected chi connectivity index (χ1v) is 12.6. The average Bonchev–Trinajstić information content (AvgIpc) is 3.25. The summed E-state index contributed by atoms with van der Waals surface area (Å²) in [6.07, 6.45) is 0.670. The van der Waals surface area contributed by atoms with E-state index in [9.17, 15) is 19.1 Å². The van der Waals surface area contributed by atoms with E-state index in [0.29, 0.717) is 23.6 Å². The number of piperazine rings is 1.